The van der Waals surface area contributed by atoms with Crippen LogP contribution in [-0.4, -0.2) is 20.9 Å². The molecule has 0 aliphatic rings. The predicted octanol–water partition coefficient (Wildman–Crippen LogP) is 2.08. The summed E-state index contributed by atoms with van der Waals surface area (Å²) in [6.45, 7) is -0.178. The Morgan fingerprint density at radius 2 is 1.73 bits per heavy atom. The second-order valence-electron chi connectivity index (χ2n) is 5.37. The van der Waals surface area contributed by atoms with Gasteiger partial charge in [-0.3, -0.25) is 4.79 Å². The number of rotatable bonds is 6. The Kier molecular flexibility index (Phi) is 5.88. The molecule has 0 saturated carbocycles. The molecule has 0 aliphatic heterocycles. The quantitative estimate of drug-likeness (QED) is 0.706. The molecule has 1 amide bonds. The standard InChI is InChI=1S/C16H16F3N3O3S/c17-16(18,19)13-8-12(26(20,24)25)6-7-14(13)21-10-15(23)22-9-11-4-2-1-3-5-11/h1-8,21H,9-10H2,(H,22,23)(H2,20,24,25). The van der Waals surface area contributed by atoms with Crippen molar-refractivity contribution in [2.24, 2.45) is 5.14 Å². The van der Waals surface area contributed by atoms with Gasteiger partial charge in [0.25, 0.3) is 0 Å². The smallest absolute Gasteiger partial charge is 0.376 e. The number of amides is 1. The first kappa shape index (κ1) is 19.7. The van der Waals surface area contributed by atoms with Crippen LogP contribution in [0.5, 0.6) is 0 Å². The number of halogens is 3. The lowest BCUT2D eigenvalue weighted by Crippen LogP contribution is -2.30. The Morgan fingerprint density at radius 1 is 1.08 bits per heavy atom. The van der Waals surface area contributed by atoms with Gasteiger partial charge in [-0.2, -0.15) is 13.2 Å². The van der Waals surface area contributed by atoms with Crippen molar-refractivity contribution in [3.63, 3.8) is 0 Å². The highest BCUT2D eigenvalue weighted by Crippen LogP contribution is 2.36. The summed E-state index contributed by atoms with van der Waals surface area (Å²) in [5.41, 5.74) is -0.797. The summed E-state index contributed by atoms with van der Waals surface area (Å²) in [6.07, 6.45) is -4.82. The van der Waals surface area contributed by atoms with Gasteiger partial charge < -0.3 is 10.6 Å². The van der Waals surface area contributed by atoms with Crippen molar-refractivity contribution in [3.8, 4) is 0 Å². The molecule has 4 N–H and O–H groups in total. The van der Waals surface area contributed by atoms with E-state index in [1.54, 1.807) is 24.3 Å². The van der Waals surface area contributed by atoms with E-state index in [1.165, 1.54) is 0 Å². The molecule has 0 aliphatic carbocycles. The molecule has 0 aromatic heterocycles. The van der Waals surface area contributed by atoms with E-state index in [0.29, 0.717) is 6.07 Å². The molecule has 0 bridgehead atoms. The van der Waals surface area contributed by atoms with Crippen LogP contribution < -0.4 is 15.8 Å². The molecule has 26 heavy (non-hydrogen) atoms. The molecular weight excluding hydrogens is 371 g/mol. The van der Waals surface area contributed by atoms with Crippen LogP contribution in [0.2, 0.25) is 0 Å². The van der Waals surface area contributed by atoms with Gasteiger partial charge in [0, 0.05) is 12.2 Å². The van der Waals surface area contributed by atoms with Crippen LogP contribution in [0.15, 0.2) is 53.4 Å². The largest absolute Gasteiger partial charge is 0.418 e. The van der Waals surface area contributed by atoms with Crippen LogP contribution >= 0.6 is 0 Å². The van der Waals surface area contributed by atoms with E-state index >= 15 is 0 Å². The maximum atomic E-state index is 13.1. The van der Waals surface area contributed by atoms with Crippen LogP contribution in [-0.2, 0) is 27.5 Å². The minimum absolute atomic E-state index is 0.234. The Hall–Kier alpha value is -2.59. The topological polar surface area (TPSA) is 101 Å². The van der Waals surface area contributed by atoms with Gasteiger partial charge in [-0.25, -0.2) is 13.6 Å². The fourth-order valence-electron chi connectivity index (χ4n) is 2.12. The Labute approximate surface area is 148 Å². The first-order valence-corrected chi connectivity index (χ1v) is 8.90. The molecular formula is C16H16F3N3O3S. The molecule has 0 saturated heterocycles. The maximum absolute atomic E-state index is 13.1. The molecule has 10 heteroatoms. The highest BCUT2D eigenvalue weighted by molar-refractivity contribution is 7.89. The molecule has 140 valence electrons. The average molecular weight is 387 g/mol. The summed E-state index contributed by atoms with van der Waals surface area (Å²) in [4.78, 5) is 11.1. The van der Waals surface area contributed by atoms with Crippen molar-refractivity contribution in [1.82, 2.24) is 5.32 Å². The van der Waals surface area contributed by atoms with E-state index in [9.17, 15) is 26.4 Å². The highest BCUT2D eigenvalue weighted by Gasteiger charge is 2.34. The minimum atomic E-state index is -4.82. The first-order chi connectivity index (χ1) is 12.1. The molecule has 0 radical (unpaired) electrons. The SMILES string of the molecule is NS(=O)(=O)c1ccc(NCC(=O)NCc2ccccc2)c(C(F)(F)F)c1. The van der Waals surface area contributed by atoms with Gasteiger partial charge in [0.15, 0.2) is 0 Å². The van der Waals surface area contributed by atoms with E-state index in [2.05, 4.69) is 10.6 Å². The van der Waals surface area contributed by atoms with E-state index < -0.39 is 44.8 Å². The van der Waals surface area contributed by atoms with Crippen LogP contribution in [0.4, 0.5) is 18.9 Å². The van der Waals surface area contributed by atoms with Crippen LogP contribution in [0, 0.1) is 0 Å². The second kappa shape index (κ2) is 7.75. The number of sulfonamides is 1. The molecule has 0 atom stereocenters. The normalized spacial score (nSPS) is 11.8. The molecule has 0 fully saturated rings. The van der Waals surface area contributed by atoms with E-state index in [1.807, 2.05) is 6.07 Å². The van der Waals surface area contributed by atoms with Crippen molar-refractivity contribution in [2.75, 3.05) is 11.9 Å². The Bertz CT molecular complexity index is 885. The van der Waals surface area contributed by atoms with Crippen molar-refractivity contribution in [3.05, 3.63) is 59.7 Å². The summed E-state index contributed by atoms with van der Waals surface area (Å²) in [5.74, 6) is -0.516. The Balaban J connectivity index is 2.07. The summed E-state index contributed by atoms with van der Waals surface area (Å²) in [5, 5.41) is 9.79. The summed E-state index contributed by atoms with van der Waals surface area (Å²) in [7, 11) is -4.28. The number of alkyl halides is 3. The number of hydrogen-bond acceptors (Lipinski definition) is 4. The monoisotopic (exact) mass is 387 g/mol. The predicted molar refractivity (Wildman–Crippen MR) is 89.6 cm³/mol. The van der Waals surface area contributed by atoms with Gasteiger partial charge in [0.1, 0.15) is 0 Å². The molecule has 2 aromatic carbocycles. The lowest BCUT2D eigenvalue weighted by molar-refractivity contribution is -0.137. The number of primary sulfonamides is 1. The van der Waals surface area contributed by atoms with Gasteiger partial charge in [-0.05, 0) is 23.8 Å². The van der Waals surface area contributed by atoms with Crippen molar-refractivity contribution in [1.29, 1.82) is 0 Å². The van der Waals surface area contributed by atoms with Crippen LogP contribution in [0.25, 0.3) is 0 Å². The third kappa shape index (κ3) is 5.46. The summed E-state index contributed by atoms with van der Waals surface area (Å²) >= 11 is 0. The number of carbonyl (C=O) groups excluding carboxylic acids is 1. The van der Waals surface area contributed by atoms with Gasteiger partial charge >= 0.3 is 6.18 Å². The van der Waals surface area contributed by atoms with Crippen LogP contribution in [0.1, 0.15) is 11.1 Å². The molecule has 0 unspecified atom stereocenters. The number of nitrogens with two attached hydrogens (primary N) is 1. The maximum Gasteiger partial charge on any atom is 0.418 e. The zero-order chi connectivity index (χ0) is 19.4. The number of carbonyl (C=O) groups is 1. The van der Waals surface area contributed by atoms with Gasteiger partial charge in [0.05, 0.1) is 17.0 Å². The summed E-state index contributed by atoms with van der Waals surface area (Å²) < 4.78 is 61.9. The van der Waals surface area contributed by atoms with Crippen molar-refractivity contribution < 1.29 is 26.4 Å². The van der Waals surface area contributed by atoms with E-state index in [0.717, 1.165) is 17.7 Å². The molecule has 6 nitrogen and oxygen atoms in total. The lowest BCUT2D eigenvalue weighted by Gasteiger charge is -2.15. The number of anilines is 1. The van der Waals surface area contributed by atoms with Gasteiger partial charge in [-0.1, -0.05) is 30.3 Å². The molecule has 2 aromatic rings. The number of hydrogen-bond donors (Lipinski definition) is 3. The fraction of sp³-hybridized carbons (Fsp3) is 0.188. The zero-order valence-electron chi connectivity index (χ0n) is 13.4. The van der Waals surface area contributed by atoms with Crippen LogP contribution in [0.3, 0.4) is 0 Å². The summed E-state index contributed by atoms with van der Waals surface area (Å²) in [6, 6.07) is 11.3. The third-order valence-corrected chi connectivity index (χ3v) is 4.31. The molecule has 0 spiro atoms. The fourth-order valence-corrected chi connectivity index (χ4v) is 2.66. The van der Waals surface area contributed by atoms with Gasteiger partial charge in [-0.15, -0.1) is 0 Å². The zero-order valence-corrected chi connectivity index (χ0v) is 14.2. The van der Waals surface area contributed by atoms with E-state index in [4.69, 9.17) is 5.14 Å². The van der Waals surface area contributed by atoms with E-state index in [-0.39, 0.29) is 6.54 Å². The number of nitrogens with one attached hydrogen (secondary N) is 2. The minimum Gasteiger partial charge on any atom is -0.376 e. The second-order valence-corrected chi connectivity index (χ2v) is 6.93. The third-order valence-electron chi connectivity index (χ3n) is 3.40. The molecule has 0 heterocycles. The van der Waals surface area contributed by atoms with Crippen molar-refractivity contribution in [2.45, 2.75) is 17.6 Å². The highest BCUT2D eigenvalue weighted by atomic mass is 32.2. The Morgan fingerprint density at radius 3 is 2.31 bits per heavy atom. The lowest BCUT2D eigenvalue weighted by atomic mass is 10.1. The number of benzene rings is 2. The molecule has 2 rings (SSSR count). The van der Waals surface area contributed by atoms with Gasteiger partial charge in [0.2, 0.25) is 15.9 Å². The first-order valence-electron chi connectivity index (χ1n) is 7.36. The van der Waals surface area contributed by atoms with Crippen molar-refractivity contribution >= 4 is 21.6 Å². The average Bonchev–Trinajstić information content (AvgIpc) is 2.57.